The van der Waals surface area contributed by atoms with E-state index in [4.69, 9.17) is 24.3 Å². The Kier molecular flexibility index (Phi) is 39.9. The fraction of sp³-hybridized carbons (Fsp3) is 0.837. The van der Waals surface area contributed by atoms with Gasteiger partial charge >= 0.3 is 13.8 Å². The van der Waals surface area contributed by atoms with E-state index in [1.54, 1.807) is 0 Å². The van der Waals surface area contributed by atoms with E-state index in [2.05, 4.69) is 50.3 Å². The number of phosphoric ester groups is 1. The molecule has 0 radical (unpaired) electrons. The maximum Gasteiger partial charge on any atom is 0.472 e. The lowest BCUT2D eigenvalue weighted by Gasteiger charge is -2.20. The predicted molar refractivity (Wildman–Crippen MR) is 220 cm³/mol. The molecule has 0 fully saturated rings. The molecule has 0 aliphatic heterocycles. The Hall–Kier alpha value is -1.28. The minimum absolute atomic E-state index is 0.0954. The van der Waals surface area contributed by atoms with Crippen LogP contribution in [0.4, 0.5) is 0 Å². The summed E-state index contributed by atoms with van der Waals surface area (Å²) < 4.78 is 33.2. The SMILES string of the molecule is CCCCCCC/C=C\C/C=C\C/C=C\CCCCCCCCCCCCCOCC(COP(=O)(O)OCCN)OC(=O)CCCCCCCCC. The van der Waals surface area contributed by atoms with E-state index in [1.807, 2.05) is 0 Å². The lowest BCUT2D eigenvalue weighted by molar-refractivity contribution is -0.154. The largest absolute Gasteiger partial charge is 0.472 e. The molecule has 0 bridgehead atoms. The van der Waals surface area contributed by atoms with Gasteiger partial charge in [0.25, 0.3) is 0 Å². The number of rotatable bonds is 41. The van der Waals surface area contributed by atoms with E-state index in [9.17, 15) is 14.3 Å². The molecule has 0 rings (SSSR count). The number of allylic oxidation sites excluding steroid dienone is 6. The lowest BCUT2D eigenvalue weighted by atomic mass is 10.1. The average Bonchev–Trinajstić information content (AvgIpc) is 3.13. The topological polar surface area (TPSA) is 117 Å². The van der Waals surface area contributed by atoms with Crippen molar-refractivity contribution in [3.63, 3.8) is 0 Å². The van der Waals surface area contributed by atoms with Gasteiger partial charge in [0, 0.05) is 19.6 Å². The second-order valence-corrected chi connectivity index (χ2v) is 15.7. The molecule has 9 heteroatoms. The molecule has 2 atom stereocenters. The van der Waals surface area contributed by atoms with Crippen LogP contribution in [0.25, 0.3) is 0 Å². The first kappa shape index (κ1) is 50.7. The number of nitrogens with two attached hydrogens (primary N) is 1. The van der Waals surface area contributed by atoms with Crippen molar-refractivity contribution in [1.29, 1.82) is 0 Å². The highest BCUT2D eigenvalue weighted by Gasteiger charge is 2.25. The van der Waals surface area contributed by atoms with Gasteiger partial charge in [-0.1, -0.05) is 172 Å². The van der Waals surface area contributed by atoms with Crippen molar-refractivity contribution < 1.29 is 32.8 Å². The summed E-state index contributed by atoms with van der Waals surface area (Å²) >= 11 is 0. The average molecular weight is 756 g/mol. The molecular weight excluding hydrogens is 673 g/mol. The van der Waals surface area contributed by atoms with E-state index in [1.165, 1.54) is 128 Å². The molecule has 52 heavy (non-hydrogen) atoms. The second-order valence-electron chi connectivity index (χ2n) is 14.2. The van der Waals surface area contributed by atoms with Crippen LogP contribution in [0.3, 0.4) is 0 Å². The summed E-state index contributed by atoms with van der Waals surface area (Å²) in [4.78, 5) is 22.3. The Morgan fingerprint density at radius 1 is 0.577 bits per heavy atom. The Morgan fingerprint density at radius 2 is 1.02 bits per heavy atom. The molecular formula is C43H82NO7P. The van der Waals surface area contributed by atoms with Crippen molar-refractivity contribution in [2.75, 3.05) is 33.0 Å². The minimum atomic E-state index is -4.26. The fourth-order valence-corrected chi connectivity index (χ4v) is 6.65. The maximum atomic E-state index is 12.4. The van der Waals surface area contributed by atoms with Gasteiger partial charge in [-0.3, -0.25) is 13.8 Å². The summed E-state index contributed by atoms with van der Waals surface area (Å²) in [5.74, 6) is -0.338. The molecule has 8 nitrogen and oxygen atoms in total. The monoisotopic (exact) mass is 756 g/mol. The quantitative estimate of drug-likeness (QED) is 0.0274. The van der Waals surface area contributed by atoms with Crippen LogP contribution in [0, 0.1) is 0 Å². The Morgan fingerprint density at radius 3 is 1.52 bits per heavy atom. The van der Waals surface area contributed by atoms with Crippen molar-refractivity contribution in [2.45, 2.75) is 200 Å². The zero-order valence-electron chi connectivity index (χ0n) is 33.8. The third-order valence-electron chi connectivity index (χ3n) is 9.06. The second kappa shape index (κ2) is 40.9. The maximum absolute atomic E-state index is 12.4. The molecule has 0 aromatic rings. The highest BCUT2D eigenvalue weighted by molar-refractivity contribution is 7.47. The van der Waals surface area contributed by atoms with Crippen molar-refractivity contribution >= 4 is 13.8 Å². The highest BCUT2D eigenvalue weighted by Crippen LogP contribution is 2.43. The predicted octanol–water partition coefficient (Wildman–Crippen LogP) is 12.6. The molecule has 0 saturated heterocycles. The van der Waals surface area contributed by atoms with Gasteiger partial charge in [-0.25, -0.2) is 4.57 Å². The van der Waals surface area contributed by atoms with Crippen molar-refractivity contribution in [3.8, 4) is 0 Å². The third-order valence-corrected chi connectivity index (χ3v) is 10.0. The van der Waals surface area contributed by atoms with Crippen LogP contribution in [-0.4, -0.2) is 49.9 Å². The molecule has 0 amide bonds. The summed E-state index contributed by atoms with van der Waals surface area (Å²) in [6.07, 6.45) is 46.2. The van der Waals surface area contributed by atoms with E-state index >= 15 is 0 Å². The van der Waals surface area contributed by atoms with Crippen LogP contribution < -0.4 is 5.73 Å². The number of unbranched alkanes of at least 4 members (excludes halogenated alkanes) is 22. The number of phosphoric acid groups is 1. The number of carbonyl (C=O) groups excluding carboxylic acids is 1. The van der Waals surface area contributed by atoms with Crippen molar-refractivity contribution in [2.24, 2.45) is 5.73 Å². The van der Waals surface area contributed by atoms with E-state index in [0.29, 0.717) is 13.0 Å². The van der Waals surface area contributed by atoms with Crippen LogP contribution in [0.2, 0.25) is 0 Å². The van der Waals surface area contributed by atoms with E-state index in [0.717, 1.165) is 44.9 Å². The molecule has 0 aliphatic carbocycles. The standard InChI is InChI=1S/C43H82NO7P/c1-3-5-7-9-11-12-13-14-15-16-17-18-19-20-21-22-23-24-25-26-27-28-29-31-33-35-38-48-40-42(41-50-52(46,47)49-39-37-44)51-43(45)36-34-32-30-10-8-6-4-2/h13-14,16-17,19-20,42H,3-12,15,18,21-41,44H2,1-2H3,(H,46,47)/b14-13-,17-16-,20-19-. The summed E-state index contributed by atoms with van der Waals surface area (Å²) in [7, 11) is -4.26. The number of esters is 1. The fourth-order valence-electron chi connectivity index (χ4n) is 5.89. The summed E-state index contributed by atoms with van der Waals surface area (Å²) in [6.45, 7) is 4.86. The molecule has 306 valence electrons. The molecule has 0 aliphatic rings. The molecule has 0 aromatic heterocycles. The van der Waals surface area contributed by atoms with Gasteiger partial charge in [0.1, 0.15) is 6.10 Å². The van der Waals surface area contributed by atoms with Crippen LogP contribution in [0.5, 0.6) is 0 Å². The molecule has 0 saturated carbocycles. The van der Waals surface area contributed by atoms with E-state index < -0.39 is 13.9 Å². The van der Waals surface area contributed by atoms with Crippen LogP contribution in [0.1, 0.15) is 194 Å². The van der Waals surface area contributed by atoms with Gasteiger partial charge in [0.2, 0.25) is 0 Å². The van der Waals surface area contributed by atoms with Gasteiger partial charge in [0.05, 0.1) is 19.8 Å². The first-order valence-corrected chi connectivity index (χ1v) is 23.0. The Balaban J connectivity index is 3.83. The Bertz CT molecular complexity index is 895. The molecule has 0 aromatic carbocycles. The lowest BCUT2D eigenvalue weighted by Crippen LogP contribution is -2.28. The normalized spacial score (nSPS) is 13.8. The molecule has 0 heterocycles. The number of ether oxygens (including phenoxy) is 2. The number of hydrogen-bond donors (Lipinski definition) is 2. The third kappa shape index (κ3) is 39.9. The van der Waals surface area contributed by atoms with Crippen LogP contribution >= 0.6 is 7.82 Å². The summed E-state index contributed by atoms with van der Waals surface area (Å²) in [5.41, 5.74) is 5.35. The van der Waals surface area contributed by atoms with Gasteiger partial charge in [0.15, 0.2) is 0 Å². The zero-order valence-corrected chi connectivity index (χ0v) is 34.7. The van der Waals surface area contributed by atoms with Gasteiger partial charge in [-0.2, -0.15) is 0 Å². The van der Waals surface area contributed by atoms with E-state index in [-0.39, 0.29) is 32.3 Å². The van der Waals surface area contributed by atoms with Crippen LogP contribution in [-0.2, 0) is 27.9 Å². The highest BCUT2D eigenvalue weighted by atomic mass is 31.2. The molecule has 3 N–H and O–H groups in total. The molecule has 2 unspecified atom stereocenters. The first-order chi connectivity index (χ1) is 25.4. The smallest absolute Gasteiger partial charge is 0.457 e. The first-order valence-electron chi connectivity index (χ1n) is 21.5. The van der Waals surface area contributed by atoms with Gasteiger partial charge in [-0.15, -0.1) is 0 Å². The Labute approximate surface area is 320 Å². The van der Waals surface area contributed by atoms with Crippen molar-refractivity contribution in [1.82, 2.24) is 0 Å². The number of carbonyl (C=O) groups is 1. The van der Waals surface area contributed by atoms with Crippen molar-refractivity contribution in [3.05, 3.63) is 36.5 Å². The molecule has 0 spiro atoms. The van der Waals surface area contributed by atoms with Gasteiger partial charge in [-0.05, 0) is 51.4 Å². The summed E-state index contributed by atoms with van der Waals surface area (Å²) in [5, 5.41) is 0. The minimum Gasteiger partial charge on any atom is -0.457 e. The van der Waals surface area contributed by atoms with Crippen LogP contribution in [0.15, 0.2) is 36.5 Å². The summed E-state index contributed by atoms with van der Waals surface area (Å²) in [6, 6.07) is 0. The van der Waals surface area contributed by atoms with Gasteiger partial charge < -0.3 is 20.1 Å². The number of hydrogen-bond acceptors (Lipinski definition) is 7. The zero-order chi connectivity index (χ0) is 38.1.